The van der Waals surface area contributed by atoms with E-state index in [0.29, 0.717) is 0 Å². The first-order valence-corrected chi connectivity index (χ1v) is 23.0. The number of carbonyl (C=O) groups is 6. The van der Waals surface area contributed by atoms with E-state index in [2.05, 4.69) is 19.9 Å². The minimum absolute atomic E-state index is 0. The van der Waals surface area contributed by atoms with E-state index in [9.17, 15) is 59.4 Å². The van der Waals surface area contributed by atoms with E-state index >= 15 is 0 Å². The molecule has 0 saturated carbocycles. The zero-order chi connectivity index (χ0) is 56.6. The number of carboxylic acid groups (broad SMARTS) is 6. The molecule has 0 aliphatic carbocycles. The molecule has 0 aliphatic heterocycles. The average Bonchev–Trinajstić information content (AvgIpc) is 3.50. The number of rotatable bonds is 8. The van der Waals surface area contributed by atoms with Crippen molar-refractivity contribution >= 4 is 35.8 Å². The molecule has 4 heterocycles. The number of benzene rings is 6. The van der Waals surface area contributed by atoms with Gasteiger partial charge >= 0.3 is 77.2 Å². The predicted molar refractivity (Wildman–Crippen MR) is 280 cm³/mol. The molecular weight excluding hydrogens is 1310 g/mol. The van der Waals surface area contributed by atoms with Gasteiger partial charge in [-0.1, -0.05) is 206 Å². The zero-order valence-corrected chi connectivity index (χ0v) is 46.2. The predicted octanol–water partition coefficient (Wildman–Crippen LogP) is 4.59. The quantitative estimate of drug-likeness (QED) is 0.201. The summed E-state index contributed by atoms with van der Waals surface area (Å²) >= 11 is 0. The molecule has 10 rings (SSSR count). The molecule has 0 spiro atoms. The van der Waals surface area contributed by atoms with Gasteiger partial charge < -0.3 is 59.4 Å². The van der Waals surface area contributed by atoms with Crippen LogP contribution in [0.4, 0.5) is 0 Å². The van der Waals surface area contributed by atoms with Crippen LogP contribution in [0.25, 0.3) is 22.8 Å². The summed E-state index contributed by atoms with van der Waals surface area (Å²) in [7, 11) is 0. The second kappa shape index (κ2) is 42.3. The Kier molecular flexibility index (Phi) is 36.7. The fourth-order valence-electron chi connectivity index (χ4n) is 5.50. The fraction of sp³-hybridized carbons (Fsp3) is 0. The molecule has 80 heavy (non-hydrogen) atoms. The summed E-state index contributed by atoms with van der Waals surface area (Å²) in [6.07, 6.45) is 7.07. The molecule has 10 aromatic rings. The first kappa shape index (κ1) is 69.3. The number of aromatic nitrogens is 4. The Morgan fingerprint density at radius 3 is 0.412 bits per heavy atom. The summed E-state index contributed by atoms with van der Waals surface area (Å²) in [5.41, 5.74) is 4.98. The first-order valence-electron chi connectivity index (χ1n) is 23.0. The van der Waals surface area contributed by atoms with Gasteiger partial charge in [0, 0.05) is 24.8 Å². The Morgan fingerprint density at radius 1 is 0.200 bits per heavy atom. The van der Waals surface area contributed by atoms with E-state index < -0.39 is 35.8 Å². The molecule has 18 heteroatoms. The van der Waals surface area contributed by atoms with E-state index in [0.717, 1.165) is 22.8 Å². The summed E-state index contributed by atoms with van der Waals surface area (Å²) in [6, 6.07) is 71.6. The first-order chi connectivity index (χ1) is 37.8. The van der Waals surface area contributed by atoms with Gasteiger partial charge in [-0.2, -0.15) is 0 Å². The Morgan fingerprint density at radius 2 is 0.325 bits per heavy atom. The summed E-state index contributed by atoms with van der Waals surface area (Å²) < 4.78 is 0. The Balaban J connectivity index is 0.000000457. The minimum Gasteiger partial charge on any atom is -0.545 e. The number of nitrogens with zero attached hydrogens (tertiary/aromatic N) is 4. The van der Waals surface area contributed by atoms with Crippen LogP contribution >= 0.6 is 0 Å². The maximum atomic E-state index is 10.1. The monoisotopic (exact) mass is 1360 g/mol. The maximum Gasteiger partial charge on any atom is 3.00 e. The van der Waals surface area contributed by atoms with Crippen molar-refractivity contribution in [3.05, 3.63) is 313 Å². The molecule has 0 saturated heterocycles. The second-order valence-electron chi connectivity index (χ2n) is 14.8. The van der Waals surface area contributed by atoms with Gasteiger partial charge in [0.05, 0.1) is 58.6 Å². The van der Waals surface area contributed by atoms with Gasteiger partial charge in [-0.3, -0.25) is 19.9 Å². The number of carbonyl (C=O) groups excluding carboxylic acids is 6. The van der Waals surface area contributed by atoms with Crippen LogP contribution in [0, 0.1) is 77.2 Å². The molecule has 6 aromatic carbocycles. The van der Waals surface area contributed by atoms with Crippen molar-refractivity contribution in [3.63, 3.8) is 0 Å². The zero-order valence-electron chi connectivity index (χ0n) is 41.9. The number of hydrogen-bond donors (Lipinski definition) is 0. The third kappa shape index (κ3) is 30.3. The fourth-order valence-corrected chi connectivity index (χ4v) is 5.50. The van der Waals surface area contributed by atoms with Crippen LogP contribution in [-0.4, -0.2) is 55.8 Å². The maximum absolute atomic E-state index is 10.1. The van der Waals surface area contributed by atoms with E-state index in [1.54, 1.807) is 134 Å². The largest absolute Gasteiger partial charge is 3.00 e. The topological polar surface area (TPSA) is 292 Å². The molecule has 0 fully saturated rings. The Labute approximate surface area is 523 Å². The summed E-state index contributed by atoms with van der Waals surface area (Å²) in [6.45, 7) is 0. The van der Waals surface area contributed by atoms with E-state index in [1.165, 1.54) is 72.8 Å². The average molecular weight is 1360 g/mol. The normalized spacial score (nSPS) is 8.90. The van der Waals surface area contributed by atoms with Gasteiger partial charge in [0.2, 0.25) is 0 Å². The van der Waals surface area contributed by atoms with Gasteiger partial charge in [-0.05, 0) is 81.9 Å². The molecule has 0 amide bonds. The van der Waals surface area contributed by atoms with Crippen molar-refractivity contribution in [2.45, 2.75) is 0 Å². The Bertz CT molecular complexity index is 2730. The molecule has 0 radical (unpaired) electrons. The van der Waals surface area contributed by atoms with Gasteiger partial charge in [0.25, 0.3) is 0 Å². The van der Waals surface area contributed by atoms with Gasteiger partial charge in [-0.15, -0.1) is 0 Å². The molecular formula is C62H46N4O12Tb2. The summed E-state index contributed by atoms with van der Waals surface area (Å²) in [5, 5.41) is 60.5. The second-order valence-corrected chi connectivity index (χ2v) is 14.8. The number of hydrogen-bond acceptors (Lipinski definition) is 16. The van der Waals surface area contributed by atoms with Crippen LogP contribution < -0.4 is 30.6 Å². The van der Waals surface area contributed by atoms with Crippen LogP contribution in [-0.2, 0) is 0 Å². The van der Waals surface area contributed by atoms with Crippen molar-refractivity contribution in [2.24, 2.45) is 0 Å². The smallest absolute Gasteiger partial charge is 0.545 e. The van der Waals surface area contributed by atoms with Crippen molar-refractivity contribution in [2.75, 3.05) is 0 Å². The van der Waals surface area contributed by atoms with Crippen molar-refractivity contribution in [3.8, 4) is 22.8 Å². The summed E-state index contributed by atoms with van der Waals surface area (Å²) in [4.78, 5) is 77.3. The van der Waals surface area contributed by atoms with Crippen LogP contribution in [0.3, 0.4) is 0 Å². The molecule has 4 aromatic heterocycles. The molecule has 404 valence electrons. The van der Waals surface area contributed by atoms with Crippen LogP contribution in [0.1, 0.15) is 62.1 Å². The van der Waals surface area contributed by atoms with Crippen molar-refractivity contribution in [1.29, 1.82) is 0 Å². The van der Waals surface area contributed by atoms with Gasteiger partial charge in [0.15, 0.2) is 0 Å². The third-order valence-corrected chi connectivity index (χ3v) is 9.24. The van der Waals surface area contributed by atoms with E-state index in [4.69, 9.17) is 0 Å². The third-order valence-electron chi connectivity index (χ3n) is 9.24. The van der Waals surface area contributed by atoms with Crippen LogP contribution in [0.15, 0.2) is 280 Å². The van der Waals surface area contributed by atoms with Crippen molar-refractivity contribution in [1.82, 2.24) is 19.9 Å². The number of carboxylic acids is 6. The minimum atomic E-state index is -1.13. The van der Waals surface area contributed by atoms with Crippen molar-refractivity contribution < 1.29 is 137 Å². The molecule has 0 N–H and O–H groups in total. The molecule has 16 nitrogen and oxygen atoms in total. The number of aromatic carboxylic acids is 6. The van der Waals surface area contributed by atoms with Gasteiger partial charge in [-0.25, -0.2) is 0 Å². The molecule has 0 aliphatic rings. The molecule has 0 bridgehead atoms. The van der Waals surface area contributed by atoms with Crippen LogP contribution in [0.5, 0.6) is 0 Å². The molecule has 0 unspecified atom stereocenters. The standard InChI is InChI=1S/2C10H8N2.6C7H6O2.2Tb/c2*1-3-7-11-9(5-1)10-6-2-4-8-12-10;6*8-7(9)6-4-2-1-3-5-6;;/h2*1-8H;6*1-5H,(H,8,9);;/q;;;;;;;;2*+3/p-6. The SMILES string of the molecule is O=C([O-])c1ccccc1.O=C([O-])c1ccccc1.O=C([O-])c1ccccc1.O=C([O-])c1ccccc1.O=C([O-])c1ccccc1.O=C([O-])c1ccccc1.[Tb+3].[Tb+3].c1ccc(-c2ccccn2)nc1.c1ccc(-c2ccccn2)nc1. The number of pyridine rings is 4. The van der Waals surface area contributed by atoms with Gasteiger partial charge in [0.1, 0.15) is 0 Å². The summed E-state index contributed by atoms with van der Waals surface area (Å²) in [5.74, 6) is -6.77. The van der Waals surface area contributed by atoms with E-state index in [-0.39, 0.29) is 111 Å². The van der Waals surface area contributed by atoms with Crippen LogP contribution in [0.2, 0.25) is 0 Å². The van der Waals surface area contributed by atoms with E-state index in [1.807, 2.05) is 72.8 Å². The Hall–Kier alpha value is -8.69. The molecule has 0 atom stereocenters.